The van der Waals surface area contributed by atoms with E-state index in [-0.39, 0.29) is 0 Å². The van der Waals surface area contributed by atoms with Crippen LogP contribution < -0.4 is 10.1 Å². The number of hydrogen-bond acceptors (Lipinski definition) is 2. The molecule has 0 spiro atoms. The average Bonchev–Trinajstić information content (AvgIpc) is 2.45. The van der Waals surface area contributed by atoms with Crippen LogP contribution in [-0.4, -0.2) is 7.11 Å². The summed E-state index contributed by atoms with van der Waals surface area (Å²) < 4.78 is 5.33. The highest BCUT2D eigenvalue weighted by Gasteiger charge is 2.09. The summed E-state index contributed by atoms with van der Waals surface area (Å²) >= 11 is 12.2. The van der Waals surface area contributed by atoms with Gasteiger partial charge in [0.1, 0.15) is 5.75 Å². The largest absolute Gasteiger partial charge is 0.495 e. The molecular weight excluding hydrogens is 293 g/mol. The van der Waals surface area contributed by atoms with Crippen molar-refractivity contribution >= 4 is 28.9 Å². The first-order chi connectivity index (χ1) is 9.63. The third-order valence-corrected chi connectivity index (χ3v) is 3.63. The summed E-state index contributed by atoms with van der Waals surface area (Å²) in [7, 11) is 1.61. The van der Waals surface area contributed by atoms with Crippen molar-refractivity contribution in [2.24, 2.45) is 0 Å². The SMILES string of the molecule is CCc1ccc(NCc2cc(Cl)cc(Cl)c2OC)cc1. The molecule has 0 atom stereocenters. The summed E-state index contributed by atoms with van der Waals surface area (Å²) in [6.07, 6.45) is 1.04. The predicted molar refractivity (Wildman–Crippen MR) is 86.2 cm³/mol. The third-order valence-electron chi connectivity index (χ3n) is 3.13. The highest BCUT2D eigenvalue weighted by molar-refractivity contribution is 6.35. The number of methoxy groups -OCH3 is 1. The van der Waals surface area contributed by atoms with Crippen molar-refractivity contribution in [2.45, 2.75) is 19.9 Å². The minimum absolute atomic E-state index is 0.526. The van der Waals surface area contributed by atoms with E-state index in [1.165, 1.54) is 5.56 Å². The van der Waals surface area contributed by atoms with Gasteiger partial charge in [-0.25, -0.2) is 0 Å². The molecule has 1 N–H and O–H groups in total. The maximum absolute atomic E-state index is 6.12. The minimum Gasteiger partial charge on any atom is -0.495 e. The monoisotopic (exact) mass is 309 g/mol. The fourth-order valence-corrected chi connectivity index (χ4v) is 2.64. The Balaban J connectivity index is 2.13. The van der Waals surface area contributed by atoms with Crippen LogP contribution in [0.4, 0.5) is 5.69 Å². The van der Waals surface area contributed by atoms with Gasteiger partial charge in [0.25, 0.3) is 0 Å². The van der Waals surface area contributed by atoms with Gasteiger partial charge in [-0.15, -0.1) is 0 Å². The number of aryl methyl sites for hydroxylation is 1. The van der Waals surface area contributed by atoms with Gasteiger partial charge in [-0.2, -0.15) is 0 Å². The standard InChI is InChI=1S/C16H17Cl2NO/c1-3-11-4-6-14(7-5-11)19-10-12-8-13(17)9-15(18)16(12)20-2/h4-9,19H,3,10H2,1-2H3. The van der Waals surface area contributed by atoms with Crippen molar-refractivity contribution in [3.05, 3.63) is 57.6 Å². The predicted octanol–water partition coefficient (Wildman–Crippen LogP) is 5.18. The molecule has 0 amide bonds. The van der Waals surface area contributed by atoms with E-state index in [4.69, 9.17) is 27.9 Å². The fourth-order valence-electron chi connectivity index (χ4n) is 2.03. The first-order valence-corrected chi connectivity index (χ1v) is 7.24. The van der Waals surface area contributed by atoms with Crippen molar-refractivity contribution in [3.63, 3.8) is 0 Å². The van der Waals surface area contributed by atoms with E-state index in [2.05, 4.69) is 36.5 Å². The maximum Gasteiger partial charge on any atom is 0.142 e. The number of nitrogens with one attached hydrogen (secondary N) is 1. The molecule has 0 unspecified atom stereocenters. The smallest absolute Gasteiger partial charge is 0.142 e. The molecule has 2 aromatic carbocycles. The maximum atomic E-state index is 6.12. The van der Waals surface area contributed by atoms with E-state index in [9.17, 15) is 0 Å². The second kappa shape index (κ2) is 6.87. The Labute approximate surface area is 129 Å². The summed E-state index contributed by atoms with van der Waals surface area (Å²) in [5.41, 5.74) is 3.31. The van der Waals surface area contributed by atoms with Crippen molar-refractivity contribution in [3.8, 4) is 5.75 Å². The fraction of sp³-hybridized carbons (Fsp3) is 0.250. The van der Waals surface area contributed by atoms with Crippen LogP contribution in [-0.2, 0) is 13.0 Å². The van der Waals surface area contributed by atoms with E-state index in [1.54, 1.807) is 13.2 Å². The molecule has 0 radical (unpaired) electrons. The summed E-state index contributed by atoms with van der Waals surface area (Å²) in [5.74, 6) is 0.661. The quantitative estimate of drug-likeness (QED) is 0.822. The van der Waals surface area contributed by atoms with E-state index >= 15 is 0 Å². The molecule has 20 heavy (non-hydrogen) atoms. The summed E-state index contributed by atoms with van der Waals surface area (Å²) in [6.45, 7) is 2.75. The van der Waals surface area contributed by atoms with Gasteiger partial charge in [-0.05, 0) is 36.2 Å². The summed E-state index contributed by atoms with van der Waals surface area (Å²) in [4.78, 5) is 0. The molecule has 2 rings (SSSR count). The van der Waals surface area contributed by atoms with Crippen molar-refractivity contribution in [2.75, 3.05) is 12.4 Å². The van der Waals surface area contributed by atoms with Crippen LogP contribution in [0.1, 0.15) is 18.1 Å². The van der Waals surface area contributed by atoms with Crippen LogP contribution in [0.15, 0.2) is 36.4 Å². The van der Waals surface area contributed by atoms with Gasteiger partial charge in [0.05, 0.1) is 12.1 Å². The summed E-state index contributed by atoms with van der Waals surface area (Å²) in [6, 6.07) is 11.9. The lowest BCUT2D eigenvalue weighted by Crippen LogP contribution is -2.02. The van der Waals surface area contributed by atoms with Crippen LogP contribution in [0.3, 0.4) is 0 Å². The van der Waals surface area contributed by atoms with Gasteiger partial charge < -0.3 is 10.1 Å². The zero-order chi connectivity index (χ0) is 14.5. The molecule has 106 valence electrons. The molecule has 0 aromatic heterocycles. The van der Waals surface area contributed by atoms with E-state index in [0.717, 1.165) is 17.7 Å². The zero-order valence-electron chi connectivity index (χ0n) is 11.5. The second-order valence-electron chi connectivity index (χ2n) is 4.48. The molecule has 4 heteroatoms. The number of halogens is 2. The molecule has 0 saturated carbocycles. The molecule has 0 aliphatic heterocycles. The topological polar surface area (TPSA) is 21.3 Å². The first-order valence-electron chi connectivity index (χ1n) is 6.48. The molecule has 0 heterocycles. The van der Waals surface area contributed by atoms with E-state index in [0.29, 0.717) is 22.3 Å². The van der Waals surface area contributed by atoms with Crippen LogP contribution in [0.2, 0.25) is 10.0 Å². The molecule has 2 aromatic rings. The van der Waals surface area contributed by atoms with E-state index in [1.807, 2.05) is 6.07 Å². The second-order valence-corrected chi connectivity index (χ2v) is 5.33. The number of rotatable bonds is 5. The number of anilines is 1. The molecule has 2 nitrogen and oxygen atoms in total. The van der Waals surface area contributed by atoms with Gasteiger partial charge in [0.2, 0.25) is 0 Å². The lowest BCUT2D eigenvalue weighted by molar-refractivity contribution is 0.410. The van der Waals surface area contributed by atoms with Crippen molar-refractivity contribution in [1.82, 2.24) is 0 Å². The Bertz CT molecular complexity index is 582. The molecular formula is C16H17Cl2NO. The Morgan fingerprint density at radius 2 is 1.80 bits per heavy atom. The Morgan fingerprint density at radius 1 is 1.10 bits per heavy atom. The molecule has 0 aliphatic rings. The van der Waals surface area contributed by atoms with Crippen LogP contribution >= 0.6 is 23.2 Å². The molecule has 0 bridgehead atoms. The first kappa shape index (κ1) is 15.0. The van der Waals surface area contributed by atoms with Gasteiger partial charge in [0, 0.05) is 22.8 Å². The molecule has 0 fully saturated rings. The number of hydrogen-bond donors (Lipinski definition) is 1. The zero-order valence-corrected chi connectivity index (χ0v) is 13.1. The average molecular weight is 310 g/mol. The Kier molecular flexibility index (Phi) is 5.16. The van der Waals surface area contributed by atoms with Crippen molar-refractivity contribution in [1.29, 1.82) is 0 Å². The highest BCUT2D eigenvalue weighted by Crippen LogP contribution is 2.32. The number of benzene rings is 2. The van der Waals surface area contributed by atoms with Gasteiger partial charge >= 0.3 is 0 Å². The number of ether oxygens (including phenoxy) is 1. The normalized spacial score (nSPS) is 10.4. The van der Waals surface area contributed by atoms with Crippen LogP contribution in [0.5, 0.6) is 5.75 Å². The summed E-state index contributed by atoms with van der Waals surface area (Å²) in [5, 5.41) is 4.48. The molecule has 0 aliphatic carbocycles. The Hall–Kier alpha value is -1.38. The van der Waals surface area contributed by atoms with Gasteiger partial charge in [-0.3, -0.25) is 0 Å². The molecule has 0 saturated heterocycles. The minimum atomic E-state index is 0.526. The lowest BCUT2D eigenvalue weighted by Gasteiger charge is -2.13. The highest BCUT2D eigenvalue weighted by atomic mass is 35.5. The third kappa shape index (κ3) is 3.59. The van der Waals surface area contributed by atoms with Crippen molar-refractivity contribution < 1.29 is 4.74 Å². The lowest BCUT2D eigenvalue weighted by atomic mass is 10.1. The van der Waals surface area contributed by atoms with Gasteiger partial charge in [0.15, 0.2) is 0 Å². The van der Waals surface area contributed by atoms with E-state index < -0.39 is 0 Å². The van der Waals surface area contributed by atoms with Crippen LogP contribution in [0, 0.1) is 0 Å². The van der Waals surface area contributed by atoms with Crippen LogP contribution in [0.25, 0.3) is 0 Å². The van der Waals surface area contributed by atoms with Gasteiger partial charge in [-0.1, -0.05) is 42.3 Å². The Morgan fingerprint density at radius 3 is 2.40 bits per heavy atom.